The summed E-state index contributed by atoms with van der Waals surface area (Å²) in [5.41, 5.74) is 2.12. The Labute approximate surface area is 192 Å². The Morgan fingerprint density at radius 1 is 1.33 bits per heavy atom. The zero-order valence-corrected chi connectivity index (χ0v) is 19.0. The molecule has 2 amide bonds. The summed E-state index contributed by atoms with van der Waals surface area (Å²) >= 11 is 14.2. The van der Waals surface area contributed by atoms with Gasteiger partial charge in [0.15, 0.2) is 0 Å². The number of aromatic nitrogens is 1. The van der Waals surface area contributed by atoms with Crippen LogP contribution >= 0.6 is 46.9 Å². The van der Waals surface area contributed by atoms with Crippen LogP contribution in [-0.2, 0) is 16.0 Å². The van der Waals surface area contributed by atoms with Crippen LogP contribution in [-0.4, -0.2) is 39.1 Å². The molecule has 3 heterocycles. The van der Waals surface area contributed by atoms with Crippen LogP contribution in [0.3, 0.4) is 0 Å². The molecule has 0 spiro atoms. The van der Waals surface area contributed by atoms with Gasteiger partial charge in [0, 0.05) is 46.5 Å². The van der Waals surface area contributed by atoms with Crippen molar-refractivity contribution in [1.29, 1.82) is 0 Å². The molecule has 30 heavy (non-hydrogen) atoms. The van der Waals surface area contributed by atoms with E-state index in [2.05, 4.69) is 10.3 Å². The maximum Gasteiger partial charge on any atom is 0.266 e. The van der Waals surface area contributed by atoms with Crippen LogP contribution < -0.4 is 5.32 Å². The molecule has 154 valence electrons. The summed E-state index contributed by atoms with van der Waals surface area (Å²) in [5.74, 6) is -0.244. The molecule has 1 aliphatic heterocycles. The molecule has 1 aromatic carbocycles. The van der Waals surface area contributed by atoms with Gasteiger partial charge >= 0.3 is 0 Å². The van der Waals surface area contributed by atoms with Crippen molar-refractivity contribution >= 4 is 80.0 Å². The lowest BCUT2D eigenvalue weighted by Crippen LogP contribution is -2.34. The topological polar surface area (TPSA) is 65.2 Å². The maximum absolute atomic E-state index is 12.6. The number of thiophene rings is 1. The Morgan fingerprint density at radius 3 is 3.00 bits per heavy atom. The molecule has 1 saturated heterocycles. The third kappa shape index (κ3) is 4.78. The van der Waals surface area contributed by atoms with E-state index in [1.165, 1.54) is 16.7 Å². The van der Waals surface area contributed by atoms with E-state index < -0.39 is 0 Å². The van der Waals surface area contributed by atoms with Crippen molar-refractivity contribution in [2.75, 3.05) is 13.1 Å². The zero-order chi connectivity index (χ0) is 21.1. The first-order chi connectivity index (χ1) is 14.5. The van der Waals surface area contributed by atoms with E-state index in [9.17, 15) is 9.59 Å². The lowest BCUT2D eigenvalue weighted by Gasteiger charge is -2.14. The third-order valence-electron chi connectivity index (χ3n) is 4.70. The predicted molar refractivity (Wildman–Crippen MR) is 129 cm³/mol. The van der Waals surface area contributed by atoms with Gasteiger partial charge in [-0.3, -0.25) is 14.5 Å². The van der Waals surface area contributed by atoms with Crippen LogP contribution in [0.2, 0.25) is 5.02 Å². The molecule has 0 aliphatic carbocycles. The van der Waals surface area contributed by atoms with Crippen molar-refractivity contribution < 1.29 is 9.59 Å². The molecule has 4 rings (SSSR count). The van der Waals surface area contributed by atoms with E-state index in [1.54, 1.807) is 11.3 Å². The van der Waals surface area contributed by atoms with E-state index >= 15 is 0 Å². The second kappa shape index (κ2) is 9.34. The van der Waals surface area contributed by atoms with Gasteiger partial charge < -0.3 is 10.3 Å². The Morgan fingerprint density at radius 2 is 2.20 bits per heavy atom. The fourth-order valence-electron chi connectivity index (χ4n) is 3.19. The highest BCUT2D eigenvalue weighted by molar-refractivity contribution is 8.26. The molecule has 0 unspecified atom stereocenters. The molecule has 1 fully saturated rings. The standard InChI is InChI=1S/C21H18ClN3O2S3/c22-14-3-4-17-16(10-14)13(12-24-17)5-7-23-19(26)6-8-25-20(27)18(30-21(25)28)11-15-2-1-9-29-15/h1-4,9-12,24H,5-8H2,(H,23,26). The first-order valence-electron chi connectivity index (χ1n) is 9.32. The van der Waals surface area contributed by atoms with Gasteiger partial charge in [0.25, 0.3) is 5.91 Å². The molecule has 5 nitrogen and oxygen atoms in total. The molecule has 0 saturated carbocycles. The van der Waals surface area contributed by atoms with Crippen molar-refractivity contribution in [3.05, 3.63) is 62.3 Å². The van der Waals surface area contributed by atoms with Crippen LogP contribution in [0.1, 0.15) is 16.9 Å². The summed E-state index contributed by atoms with van der Waals surface area (Å²) in [7, 11) is 0. The summed E-state index contributed by atoms with van der Waals surface area (Å²) in [4.78, 5) is 31.2. The van der Waals surface area contributed by atoms with Gasteiger partial charge in [-0.15, -0.1) is 11.3 Å². The monoisotopic (exact) mass is 475 g/mol. The van der Waals surface area contributed by atoms with Gasteiger partial charge in [0.2, 0.25) is 5.91 Å². The van der Waals surface area contributed by atoms with Crippen molar-refractivity contribution in [3.63, 3.8) is 0 Å². The number of hydrogen-bond donors (Lipinski definition) is 2. The molecule has 0 radical (unpaired) electrons. The minimum atomic E-state index is -0.137. The van der Waals surface area contributed by atoms with Crippen LogP contribution in [0.5, 0.6) is 0 Å². The van der Waals surface area contributed by atoms with Crippen molar-refractivity contribution in [3.8, 4) is 0 Å². The highest BCUT2D eigenvalue weighted by Gasteiger charge is 2.32. The number of halogens is 1. The van der Waals surface area contributed by atoms with Crippen molar-refractivity contribution in [1.82, 2.24) is 15.2 Å². The number of carbonyl (C=O) groups excluding carboxylic acids is 2. The summed E-state index contributed by atoms with van der Waals surface area (Å²) in [5, 5.41) is 6.62. The number of nitrogens with zero attached hydrogens (tertiary/aromatic N) is 1. The smallest absolute Gasteiger partial charge is 0.266 e. The SMILES string of the molecule is O=C(CCN1C(=O)C(=Cc2cccs2)SC1=S)NCCc1c[nH]c2ccc(Cl)cc12. The first-order valence-corrected chi connectivity index (χ1v) is 11.8. The molecular weight excluding hydrogens is 458 g/mol. The molecule has 9 heteroatoms. The molecule has 1 aliphatic rings. The Hall–Kier alpha value is -2.13. The average Bonchev–Trinajstić information content (AvgIpc) is 3.42. The van der Waals surface area contributed by atoms with Gasteiger partial charge in [0.1, 0.15) is 4.32 Å². The molecule has 2 N–H and O–H groups in total. The third-order valence-corrected chi connectivity index (χ3v) is 7.13. The number of amides is 2. The first kappa shape index (κ1) is 21.1. The minimum Gasteiger partial charge on any atom is -0.361 e. The molecule has 2 aromatic heterocycles. The number of thiocarbonyl (C=S) groups is 1. The Bertz CT molecular complexity index is 1140. The van der Waals surface area contributed by atoms with E-state index in [0.29, 0.717) is 27.2 Å². The predicted octanol–water partition coefficient (Wildman–Crippen LogP) is 4.83. The fourth-order valence-corrected chi connectivity index (χ4v) is 5.39. The summed E-state index contributed by atoms with van der Waals surface area (Å²) in [6.45, 7) is 0.788. The van der Waals surface area contributed by atoms with Crippen LogP contribution in [0.4, 0.5) is 0 Å². The molecule has 0 atom stereocenters. The van der Waals surface area contributed by atoms with E-state index in [1.807, 2.05) is 48.0 Å². The van der Waals surface area contributed by atoms with Crippen LogP contribution in [0.25, 0.3) is 17.0 Å². The number of H-pyrrole nitrogens is 1. The number of carbonyl (C=O) groups is 2. The van der Waals surface area contributed by atoms with Crippen LogP contribution in [0.15, 0.2) is 46.8 Å². The lowest BCUT2D eigenvalue weighted by atomic mass is 10.1. The number of hydrogen-bond acceptors (Lipinski definition) is 5. The van der Waals surface area contributed by atoms with Gasteiger partial charge in [-0.2, -0.15) is 0 Å². The largest absolute Gasteiger partial charge is 0.361 e. The fraction of sp³-hybridized carbons (Fsp3) is 0.190. The van der Waals surface area contributed by atoms with Gasteiger partial charge in [-0.05, 0) is 47.7 Å². The number of fused-ring (bicyclic) bond motifs is 1. The highest BCUT2D eigenvalue weighted by Crippen LogP contribution is 2.33. The van der Waals surface area contributed by atoms with Gasteiger partial charge in [0.05, 0.1) is 4.91 Å². The molecule has 0 bridgehead atoms. The maximum atomic E-state index is 12.6. The minimum absolute atomic E-state index is 0.107. The van der Waals surface area contributed by atoms with Crippen molar-refractivity contribution in [2.45, 2.75) is 12.8 Å². The Balaban J connectivity index is 1.27. The lowest BCUT2D eigenvalue weighted by molar-refractivity contribution is -0.123. The number of aromatic amines is 1. The Kier molecular flexibility index (Phi) is 6.58. The van der Waals surface area contributed by atoms with E-state index in [-0.39, 0.29) is 24.8 Å². The van der Waals surface area contributed by atoms with E-state index in [4.69, 9.17) is 23.8 Å². The number of thioether (sulfide) groups is 1. The average molecular weight is 476 g/mol. The van der Waals surface area contributed by atoms with Gasteiger partial charge in [-0.25, -0.2) is 0 Å². The van der Waals surface area contributed by atoms with E-state index in [0.717, 1.165) is 21.3 Å². The van der Waals surface area contributed by atoms with Crippen molar-refractivity contribution in [2.24, 2.45) is 0 Å². The zero-order valence-electron chi connectivity index (χ0n) is 15.8. The molecule has 3 aromatic rings. The number of benzene rings is 1. The number of rotatable bonds is 7. The quantitative estimate of drug-likeness (QED) is 0.379. The van der Waals surface area contributed by atoms with Crippen LogP contribution in [0, 0.1) is 0 Å². The highest BCUT2D eigenvalue weighted by atomic mass is 35.5. The summed E-state index contributed by atoms with van der Waals surface area (Å²) < 4.78 is 0.492. The number of nitrogens with one attached hydrogen (secondary N) is 2. The van der Waals surface area contributed by atoms with Gasteiger partial charge in [-0.1, -0.05) is 41.6 Å². The molecular formula is C21H18ClN3O2S3. The normalized spacial score (nSPS) is 15.5. The summed E-state index contributed by atoms with van der Waals surface area (Å²) in [6, 6.07) is 9.59. The second-order valence-corrected chi connectivity index (χ2v) is 9.79. The summed E-state index contributed by atoms with van der Waals surface area (Å²) in [6.07, 6.45) is 4.68. The second-order valence-electron chi connectivity index (χ2n) is 6.70.